The van der Waals surface area contributed by atoms with E-state index in [0.29, 0.717) is 11.3 Å². The van der Waals surface area contributed by atoms with E-state index in [0.717, 1.165) is 0 Å². The normalized spacial score (nSPS) is 10.3. The minimum atomic E-state index is -0.535. The van der Waals surface area contributed by atoms with Gasteiger partial charge in [-0.2, -0.15) is 0 Å². The van der Waals surface area contributed by atoms with E-state index in [1.807, 2.05) is 0 Å². The summed E-state index contributed by atoms with van der Waals surface area (Å²) in [5.74, 6) is -0.769. The smallest absolute Gasteiger partial charge is 0.185 e. The first-order valence-corrected chi connectivity index (χ1v) is 5.63. The second-order valence-corrected chi connectivity index (χ2v) is 4.17. The Bertz CT molecular complexity index is 584. The third-order valence-corrected chi connectivity index (χ3v) is 2.88. The topological polar surface area (TPSA) is 56.0 Å². The lowest BCUT2D eigenvalue weighted by Crippen LogP contribution is -2.07. The van der Waals surface area contributed by atoms with Crippen LogP contribution in [-0.2, 0) is 6.42 Å². The summed E-state index contributed by atoms with van der Waals surface area (Å²) in [5, 5.41) is -0.0266. The first kappa shape index (κ1) is 12.5. The monoisotopic (exact) mass is 264 g/mol. The standard InChI is InChI=1S/C13H10ClFN2O/c14-13-8(2-1-3-10(13)15)6-12(18)11-5-4-9(16)7-17-11/h1-5,7H,6,16H2. The summed E-state index contributed by atoms with van der Waals surface area (Å²) in [6.45, 7) is 0. The average Bonchev–Trinajstić information content (AvgIpc) is 2.36. The van der Waals surface area contributed by atoms with Gasteiger partial charge >= 0.3 is 0 Å². The fourth-order valence-corrected chi connectivity index (χ4v) is 1.71. The number of ketones is 1. The van der Waals surface area contributed by atoms with Gasteiger partial charge in [0, 0.05) is 6.42 Å². The zero-order chi connectivity index (χ0) is 13.1. The molecule has 18 heavy (non-hydrogen) atoms. The van der Waals surface area contributed by atoms with Gasteiger partial charge in [0.2, 0.25) is 0 Å². The molecule has 0 bridgehead atoms. The summed E-state index contributed by atoms with van der Waals surface area (Å²) in [6.07, 6.45) is 1.41. The lowest BCUT2D eigenvalue weighted by molar-refractivity contribution is 0.0988. The predicted octanol–water partition coefficient (Wildman–Crippen LogP) is 2.88. The number of nitrogens with two attached hydrogens (primary N) is 1. The molecule has 0 spiro atoms. The lowest BCUT2D eigenvalue weighted by atomic mass is 10.1. The summed E-state index contributed by atoms with van der Waals surface area (Å²) in [5.41, 5.74) is 6.69. The molecule has 0 unspecified atom stereocenters. The zero-order valence-corrected chi connectivity index (χ0v) is 10.1. The number of rotatable bonds is 3. The molecule has 0 atom stereocenters. The van der Waals surface area contributed by atoms with Crippen LogP contribution >= 0.6 is 11.6 Å². The number of benzene rings is 1. The van der Waals surface area contributed by atoms with Gasteiger partial charge in [-0.05, 0) is 23.8 Å². The summed E-state index contributed by atoms with van der Waals surface area (Å²) in [6, 6.07) is 7.50. The first-order valence-electron chi connectivity index (χ1n) is 5.25. The van der Waals surface area contributed by atoms with Crippen molar-refractivity contribution >= 4 is 23.1 Å². The number of hydrogen-bond donors (Lipinski definition) is 1. The highest BCUT2D eigenvalue weighted by molar-refractivity contribution is 6.31. The van der Waals surface area contributed by atoms with Crippen molar-refractivity contribution < 1.29 is 9.18 Å². The predicted molar refractivity (Wildman–Crippen MR) is 68.1 cm³/mol. The molecule has 1 aromatic carbocycles. The van der Waals surface area contributed by atoms with Crippen molar-refractivity contribution in [2.45, 2.75) is 6.42 Å². The fraction of sp³-hybridized carbons (Fsp3) is 0.0769. The number of aromatic nitrogens is 1. The van der Waals surface area contributed by atoms with E-state index in [2.05, 4.69) is 4.98 Å². The first-order chi connectivity index (χ1) is 8.58. The van der Waals surface area contributed by atoms with Crippen LogP contribution in [0.3, 0.4) is 0 Å². The second-order valence-electron chi connectivity index (χ2n) is 3.79. The van der Waals surface area contributed by atoms with Crippen molar-refractivity contribution in [1.29, 1.82) is 0 Å². The van der Waals surface area contributed by atoms with E-state index >= 15 is 0 Å². The molecule has 0 aliphatic carbocycles. The highest BCUT2D eigenvalue weighted by Gasteiger charge is 2.12. The van der Waals surface area contributed by atoms with Gasteiger partial charge in [0.15, 0.2) is 5.78 Å². The van der Waals surface area contributed by atoms with Gasteiger partial charge in [-0.25, -0.2) is 4.39 Å². The molecule has 5 heteroatoms. The molecule has 0 saturated carbocycles. The molecule has 1 aromatic heterocycles. The van der Waals surface area contributed by atoms with Crippen LogP contribution in [0, 0.1) is 5.82 Å². The Balaban J connectivity index is 2.21. The maximum atomic E-state index is 13.2. The summed E-state index contributed by atoms with van der Waals surface area (Å²) < 4.78 is 13.2. The molecule has 2 N–H and O–H groups in total. The summed E-state index contributed by atoms with van der Waals surface area (Å²) in [7, 11) is 0. The molecule has 3 nitrogen and oxygen atoms in total. The number of carbonyl (C=O) groups is 1. The number of carbonyl (C=O) groups excluding carboxylic acids is 1. The molecule has 0 amide bonds. The second kappa shape index (κ2) is 5.14. The Morgan fingerprint density at radius 1 is 1.33 bits per heavy atom. The fourth-order valence-electron chi connectivity index (χ4n) is 1.52. The molecule has 0 aliphatic heterocycles. The van der Waals surface area contributed by atoms with Crippen molar-refractivity contribution in [3.63, 3.8) is 0 Å². The Morgan fingerprint density at radius 2 is 2.11 bits per heavy atom. The van der Waals surface area contributed by atoms with Gasteiger partial charge < -0.3 is 5.73 Å². The number of nitrogen functional groups attached to an aromatic ring is 1. The van der Waals surface area contributed by atoms with E-state index in [1.165, 1.54) is 24.4 Å². The third kappa shape index (κ3) is 2.65. The molecule has 0 aliphatic rings. The van der Waals surface area contributed by atoms with Crippen LogP contribution < -0.4 is 5.73 Å². The average molecular weight is 265 g/mol. The van der Waals surface area contributed by atoms with Crippen LogP contribution in [0.25, 0.3) is 0 Å². The minimum Gasteiger partial charge on any atom is -0.397 e. The van der Waals surface area contributed by atoms with E-state index < -0.39 is 5.82 Å². The maximum Gasteiger partial charge on any atom is 0.185 e. The van der Waals surface area contributed by atoms with Gasteiger partial charge in [-0.15, -0.1) is 0 Å². The Hall–Kier alpha value is -1.94. The van der Waals surface area contributed by atoms with Crippen LogP contribution in [-0.4, -0.2) is 10.8 Å². The highest BCUT2D eigenvalue weighted by atomic mass is 35.5. The van der Waals surface area contributed by atoms with E-state index in [4.69, 9.17) is 17.3 Å². The maximum absolute atomic E-state index is 13.2. The molecule has 0 radical (unpaired) electrons. The summed E-state index contributed by atoms with van der Waals surface area (Å²) >= 11 is 5.78. The Morgan fingerprint density at radius 3 is 2.78 bits per heavy atom. The quantitative estimate of drug-likeness (QED) is 0.868. The molecule has 0 saturated heterocycles. The molecule has 0 fully saturated rings. The zero-order valence-electron chi connectivity index (χ0n) is 9.36. The molecule has 1 heterocycles. The molecule has 2 rings (SSSR count). The number of pyridine rings is 1. The molecule has 2 aromatic rings. The van der Waals surface area contributed by atoms with Gasteiger partial charge in [0.05, 0.1) is 16.9 Å². The van der Waals surface area contributed by atoms with E-state index in [1.54, 1.807) is 12.1 Å². The van der Waals surface area contributed by atoms with Crippen molar-refractivity contribution in [3.05, 3.63) is 58.6 Å². The number of hydrogen-bond acceptors (Lipinski definition) is 3. The SMILES string of the molecule is Nc1ccc(C(=O)Cc2cccc(F)c2Cl)nc1. The number of Topliss-reactive ketones (excluding diaryl/α,β-unsaturated/α-hetero) is 1. The van der Waals surface area contributed by atoms with E-state index in [9.17, 15) is 9.18 Å². The lowest BCUT2D eigenvalue weighted by Gasteiger charge is -2.04. The van der Waals surface area contributed by atoms with Crippen LogP contribution in [0.4, 0.5) is 10.1 Å². The minimum absolute atomic E-state index is 0.00745. The summed E-state index contributed by atoms with van der Waals surface area (Å²) in [4.78, 5) is 15.8. The van der Waals surface area contributed by atoms with E-state index in [-0.39, 0.29) is 22.9 Å². The number of halogens is 2. The molecular weight excluding hydrogens is 255 g/mol. The number of anilines is 1. The Labute approximate surface area is 108 Å². The van der Waals surface area contributed by atoms with Crippen molar-refractivity contribution in [3.8, 4) is 0 Å². The van der Waals surface area contributed by atoms with Crippen LogP contribution in [0.2, 0.25) is 5.02 Å². The third-order valence-electron chi connectivity index (χ3n) is 2.45. The molecular formula is C13H10ClFN2O. The van der Waals surface area contributed by atoms with Gasteiger partial charge in [0.1, 0.15) is 11.5 Å². The van der Waals surface area contributed by atoms with Crippen LogP contribution in [0.1, 0.15) is 16.1 Å². The highest BCUT2D eigenvalue weighted by Crippen LogP contribution is 2.21. The largest absolute Gasteiger partial charge is 0.397 e. The Kier molecular flexibility index (Phi) is 3.58. The van der Waals surface area contributed by atoms with Crippen LogP contribution in [0.15, 0.2) is 36.5 Å². The van der Waals surface area contributed by atoms with Crippen LogP contribution in [0.5, 0.6) is 0 Å². The van der Waals surface area contributed by atoms with Gasteiger partial charge in [-0.3, -0.25) is 9.78 Å². The van der Waals surface area contributed by atoms with Crippen molar-refractivity contribution in [1.82, 2.24) is 4.98 Å². The van der Waals surface area contributed by atoms with Gasteiger partial charge in [0.25, 0.3) is 0 Å². The van der Waals surface area contributed by atoms with Crippen molar-refractivity contribution in [2.24, 2.45) is 0 Å². The van der Waals surface area contributed by atoms with Gasteiger partial charge in [-0.1, -0.05) is 23.7 Å². The molecule has 92 valence electrons. The van der Waals surface area contributed by atoms with Crippen molar-refractivity contribution in [2.75, 3.05) is 5.73 Å². The number of nitrogens with zero attached hydrogens (tertiary/aromatic N) is 1.